The van der Waals surface area contributed by atoms with Crippen LogP contribution in [0.3, 0.4) is 0 Å². The Labute approximate surface area is 144 Å². The summed E-state index contributed by atoms with van der Waals surface area (Å²) in [6, 6.07) is 16.8. The zero-order chi connectivity index (χ0) is 17.6. The van der Waals surface area contributed by atoms with E-state index in [2.05, 4.69) is 10.1 Å². The van der Waals surface area contributed by atoms with Crippen molar-refractivity contribution in [2.45, 2.75) is 25.5 Å². The number of nitrogens with one attached hydrogen (secondary N) is 1. The highest BCUT2D eigenvalue weighted by Gasteiger charge is 2.30. The van der Waals surface area contributed by atoms with Gasteiger partial charge in [0.15, 0.2) is 0 Å². The second-order valence-electron chi connectivity index (χ2n) is 5.67. The molecule has 6 heteroatoms. The van der Waals surface area contributed by atoms with Crippen molar-refractivity contribution in [1.29, 1.82) is 0 Å². The van der Waals surface area contributed by atoms with Gasteiger partial charge in [-0.2, -0.15) is 0 Å². The lowest BCUT2D eigenvalue weighted by Gasteiger charge is -2.20. The highest BCUT2D eigenvalue weighted by atomic mass is 16.6. The van der Waals surface area contributed by atoms with E-state index in [0.717, 1.165) is 16.7 Å². The van der Waals surface area contributed by atoms with E-state index in [0.29, 0.717) is 0 Å². The fourth-order valence-corrected chi connectivity index (χ4v) is 2.50. The van der Waals surface area contributed by atoms with Crippen LogP contribution < -0.4 is 5.32 Å². The molecule has 0 saturated carbocycles. The third-order valence-corrected chi connectivity index (χ3v) is 3.86. The average molecular weight is 339 g/mol. The summed E-state index contributed by atoms with van der Waals surface area (Å²) in [7, 11) is 0. The molecule has 1 aliphatic heterocycles. The van der Waals surface area contributed by atoms with Crippen molar-refractivity contribution in [3.8, 4) is 11.1 Å². The Kier molecular flexibility index (Phi) is 5.09. The summed E-state index contributed by atoms with van der Waals surface area (Å²) in [4.78, 5) is 34.2. The van der Waals surface area contributed by atoms with E-state index in [1.807, 2.05) is 54.6 Å². The van der Waals surface area contributed by atoms with E-state index < -0.39 is 24.1 Å². The van der Waals surface area contributed by atoms with Gasteiger partial charge in [0.2, 0.25) is 0 Å². The molecule has 0 aliphatic carbocycles. The predicted molar refractivity (Wildman–Crippen MR) is 89.3 cm³/mol. The topological polar surface area (TPSA) is 81.7 Å². The summed E-state index contributed by atoms with van der Waals surface area (Å²) in [5.74, 6) is -1.32. The molecule has 1 amide bonds. The van der Waals surface area contributed by atoms with Crippen molar-refractivity contribution >= 4 is 18.0 Å². The molecular formula is C19H17NO5. The average Bonchev–Trinajstić information content (AvgIpc) is 2.63. The third kappa shape index (κ3) is 4.44. The van der Waals surface area contributed by atoms with E-state index in [-0.39, 0.29) is 19.4 Å². The predicted octanol–water partition coefficient (Wildman–Crippen LogP) is 2.81. The quantitative estimate of drug-likeness (QED) is 0.684. The van der Waals surface area contributed by atoms with Crippen LogP contribution >= 0.6 is 0 Å². The first-order valence-corrected chi connectivity index (χ1v) is 7.94. The van der Waals surface area contributed by atoms with Gasteiger partial charge in [0, 0.05) is 6.42 Å². The maximum absolute atomic E-state index is 11.8. The summed E-state index contributed by atoms with van der Waals surface area (Å²) >= 11 is 0. The number of carbonyl (C=O) groups is 3. The number of hydrogen-bond donors (Lipinski definition) is 1. The van der Waals surface area contributed by atoms with Crippen LogP contribution in [0.15, 0.2) is 54.6 Å². The highest BCUT2D eigenvalue weighted by molar-refractivity contribution is 5.93. The molecule has 1 aliphatic rings. The van der Waals surface area contributed by atoms with Crippen LogP contribution in [0.25, 0.3) is 11.1 Å². The van der Waals surface area contributed by atoms with E-state index in [1.54, 1.807) is 0 Å². The summed E-state index contributed by atoms with van der Waals surface area (Å²) in [6.07, 6.45) is -0.403. The zero-order valence-electron chi connectivity index (χ0n) is 13.4. The van der Waals surface area contributed by atoms with Crippen molar-refractivity contribution in [2.24, 2.45) is 0 Å². The summed E-state index contributed by atoms with van der Waals surface area (Å²) in [6.45, 7) is 0.0849. The SMILES string of the molecule is O=C1CC[C@H](NC(=O)OCc2ccc(-c3ccccc3)cc2)C(=O)O1. The standard InChI is InChI=1S/C19H17NO5/c21-17-11-10-16(18(22)25-17)20-19(23)24-12-13-6-8-15(9-7-13)14-4-2-1-3-5-14/h1-9,16H,10-12H2,(H,20,23)/t16-/m0/s1. The van der Waals surface area contributed by atoms with Crippen molar-refractivity contribution in [3.63, 3.8) is 0 Å². The fourth-order valence-electron chi connectivity index (χ4n) is 2.50. The number of cyclic esters (lactones) is 2. The Hall–Kier alpha value is -3.15. The van der Waals surface area contributed by atoms with Crippen molar-refractivity contribution in [3.05, 3.63) is 60.2 Å². The smallest absolute Gasteiger partial charge is 0.408 e. The monoisotopic (exact) mass is 339 g/mol. The van der Waals surface area contributed by atoms with Crippen LogP contribution in [0, 0.1) is 0 Å². The number of esters is 2. The first-order chi connectivity index (χ1) is 12.1. The highest BCUT2D eigenvalue weighted by Crippen LogP contribution is 2.19. The van der Waals surface area contributed by atoms with Crippen molar-refractivity contribution in [2.75, 3.05) is 0 Å². The zero-order valence-corrected chi connectivity index (χ0v) is 13.4. The number of rotatable bonds is 4. The lowest BCUT2D eigenvalue weighted by molar-refractivity contribution is -0.165. The molecule has 6 nitrogen and oxygen atoms in total. The molecular weight excluding hydrogens is 322 g/mol. The van der Waals surface area contributed by atoms with Crippen LogP contribution in [-0.4, -0.2) is 24.1 Å². The van der Waals surface area contributed by atoms with Gasteiger partial charge in [0.1, 0.15) is 12.6 Å². The molecule has 2 aromatic carbocycles. The van der Waals surface area contributed by atoms with E-state index in [9.17, 15) is 14.4 Å². The van der Waals surface area contributed by atoms with Crippen LogP contribution in [0.1, 0.15) is 18.4 Å². The molecule has 0 radical (unpaired) electrons. The van der Waals surface area contributed by atoms with Gasteiger partial charge in [-0.25, -0.2) is 9.59 Å². The van der Waals surface area contributed by atoms with E-state index in [1.165, 1.54) is 0 Å². The van der Waals surface area contributed by atoms with Crippen LogP contribution in [0.4, 0.5) is 4.79 Å². The fraction of sp³-hybridized carbons (Fsp3) is 0.211. The Morgan fingerprint density at radius 2 is 1.72 bits per heavy atom. The van der Waals surface area contributed by atoms with Gasteiger partial charge in [-0.1, -0.05) is 54.6 Å². The molecule has 1 atom stereocenters. The molecule has 128 valence electrons. The number of carbonyl (C=O) groups excluding carboxylic acids is 3. The van der Waals surface area contributed by atoms with Gasteiger partial charge in [0.25, 0.3) is 0 Å². The lowest BCUT2D eigenvalue weighted by Crippen LogP contribution is -2.45. The maximum atomic E-state index is 11.8. The first kappa shape index (κ1) is 16.7. The number of alkyl carbamates (subject to hydrolysis) is 1. The van der Waals surface area contributed by atoms with Crippen LogP contribution in [0.2, 0.25) is 0 Å². The normalized spacial score (nSPS) is 16.9. The number of amides is 1. The van der Waals surface area contributed by atoms with Gasteiger partial charge >= 0.3 is 18.0 Å². The molecule has 1 N–H and O–H groups in total. The second kappa shape index (κ2) is 7.61. The van der Waals surface area contributed by atoms with Crippen molar-refractivity contribution < 1.29 is 23.9 Å². The molecule has 0 spiro atoms. The number of ether oxygens (including phenoxy) is 2. The maximum Gasteiger partial charge on any atom is 0.408 e. The van der Waals surface area contributed by atoms with Gasteiger partial charge in [-0.3, -0.25) is 4.79 Å². The third-order valence-electron chi connectivity index (χ3n) is 3.86. The molecule has 25 heavy (non-hydrogen) atoms. The first-order valence-electron chi connectivity index (χ1n) is 7.94. The molecule has 0 bridgehead atoms. The minimum atomic E-state index is -0.842. The van der Waals surface area contributed by atoms with Gasteiger partial charge in [-0.15, -0.1) is 0 Å². The van der Waals surface area contributed by atoms with E-state index in [4.69, 9.17) is 4.74 Å². The summed E-state index contributed by atoms with van der Waals surface area (Å²) in [5.41, 5.74) is 3.01. The summed E-state index contributed by atoms with van der Waals surface area (Å²) in [5, 5.41) is 2.41. The van der Waals surface area contributed by atoms with Crippen LogP contribution in [-0.2, 0) is 25.7 Å². The Bertz CT molecular complexity index is 770. The molecule has 0 aromatic heterocycles. The lowest BCUT2D eigenvalue weighted by atomic mass is 10.0. The molecule has 3 rings (SSSR count). The van der Waals surface area contributed by atoms with Crippen molar-refractivity contribution in [1.82, 2.24) is 5.32 Å². The van der Waals surface area contributed by atoms with Gasteiger partial charge in [-0.05, 0) is 23.1 Å². The minimum absolute atomic E-state index is 0.0849. The molecule has 2 aromatic rings. The number of hydrogen-bond acceptors (Lipinski definition) is 5. The largest absolute Gasteiger partial charge is 0.445 e. The minimum Gasteiger partial charge on any atom is -0.445 e. The van der Waals surface area contributed by atoms with Gasteiger partial charge < -0.3 is 14.8 Å². The second-order valence-corrected chi connectivity index (χ2v) is 5.67. The Morgan fingerprint density at radius 3 is 2.40 bits per heavy atom. The molecule has 0 unspecified atom stereocenters. The Morgan fingerprint density at radius 1 is 1.04 bits per heavy atom. The molecule has 1 fully saturated rings. The Balaban J connectivity index is 1.50. The summed E-state index contributed by atoms with van der Waals surface area (Å²) < 4.78 is 9.58. The number of benzene rings is 2. The van der Waals surface area contributed by atoms with Gasteiger partial charge in [0.05, 0.1) is 0 Å². The van der Waals surface area contributed by atoms with E-state index >= 15 is 0 Å². The molecule has 1 saturated heterocycles. The van der Waals surface area contributed by atoms with Crippen LogP contribution in [0.5, 0.6) is 0 Å². The molecule has 1 heterocycles.